The first-order valence-electron chi connectivity index (χ1n) is 7.92. The van der Waals surface area contributed by atoms with Crippen LogP contribution < -0.4 is 10.6 Å². The summed E-state index contributed by atoms with van der Waals surface area (Å²) in [7, 11) is 3.72. The normalized spacial score (nSPS) is 10.8. The van der Waals surface area contributed by atoms with E-state index >= 15 is 0 Å². The van der Waals surface area contributed by atoms with Crippen molar-refractivity contribution in [3.05, 3.63) is 53.3 Å². The molecule has 2 aromatic carbocycles. The number of halogens is 1. The van der Waals surface area contributed by atoms with Gasteiger partial charge in [-0.1, -0.05) is 6.07 Å². The summed E-state index contributed by atoms with van der Waals surface area (Å²) >= 11 is 0. The molecule has 0 saturated heterocycles. The lowest BCUT2D eigenvalue weighted by Crippen LogP contribution is -2.14. The highest BCUT2D eigenvalue weighted by atomic mass is 19.1. The summed E-state index contributed by atoms with van der Waals surface area (Å²) in [6.07, 6.45) is 0. The Labute approximate surface area is 146 Å². The Morgan fingerprint density at radius 2 is 1.56 bits per heavy atom. The van der Waals surface area contributed by atoms with Gasteiger partial charge in [0.1, 0.15) is 17.2 Å². The molecule has 0 amide bonds. The van der Waals surface area contributed by atoms with E-state index in [4.69, 9.17) is 10.7 Å². The van der Waals surface area contributed by atoms with Crippen molar-refractivity contribution in [2.45, 2.75) is 13.8 Å². The number of rotatable bonds is 3. The summed E-state index contributed by atoms with van der Waals surface area (Å²) in [4.78, 5) is 6.49. The minimum atomic E-state index is -0.296. The summed E-state index contributed by atoms with van der Waals surface area (Å²) in [5.41, 5.74) is 11.8. The Kier molecular flexibility index (Phi) is 4.35. The molecule has 3 rings (SSSR count). The lowest BCUT2D eigenvalue weighted by atomic mass is 9.96. The van der Waals surface area contributed by atoms with Crippen molar-refractivity contribution in [1.82, 2.24) is 15.2 Å². The zero-order valence-corrected chi connectivity index (χ0v) is 14.7. The van der Waals surface area contributed by atoms with Crippen LogP contribution in [0.1, 0.15) is 11.1 Å². The SMILES string of the molecule is Cc1c(N)ccc(-c2nc(N(C)C)nnc2-c2ccc(F)cc2)c1C. The number of nitrogens with zero attached hydrogens (tertiary/aromatic N) is 4. The molecule has 1 aromatic heterocycles. The van der Waals surface area contributed by atoms with Crippen molar-refractivity contribution in [1.29, 1.82) is 0 Å². The van der Waals surface area contributed by atoms with Crippen molar-refractivity contribution in [3.8, 4) is 22.5 Å². The second kappa shape index (κ2) is 6.47. The van der Waals surface area contributed by atoms with Gasteiger partial charge < -0.3 is 10.6 Å². The molecule has 25 heavy (non-hydrogen) atoms. The van der Waals surface area contributed by atoms with Crippen LogP contribution in [-0.4, -0.2) is 29.3 Å². The maximum atomic E-state index is 13.3. The molecule has 0 bridgehead atoms. The van der Waals surface area contributed by atoms with Gasteiger partial charge in [0.05, 0.1) is 0 Å². The molecule has 0 saturated carbocycles. The fraction of sp³-hybridized carbons (Fsp3) is 0.211. The molecular weight excluding hydrogens is 317 g/mol. The van der Waals surface area contributed by atoms with Crippen molar-refractivity contribution >= 4 is 11.6 Å². The predicted octanol–water partition coefficient (Wildman–Crippen LogP) is 3.61. The number of anilines is 2. The van der Waals surface area contributed by atoms with Gasteiger partial charge in [-0.2, -0.15) is 0 Å². The molecule has 1 heterocycles. The van der Waals surface area contributed by atoms with Gasteiger partial charge in [0, 0.05) is 30.9 Å². The number of aromatic nitrogens is 3. The van der Waals surface area contributed by atoms with E-state index in [2.05, 4.69) is 10.2 Å². The Bertz CT molecular complexity index is 920. The third-order valence-corrected chi connectivity index (χ3v) is 4.28. The van der Waals surface area contributed by atoms with Crippen LogP contribution in [-0.2, 0) is 0 Å². The van der Waals surface area contributed by atoms with E-state index in [1.54, 1.807) is 17.0 Å². The number of nitrogen functional groups attached to an aromatic ring is 1. The zero-order chi connectivity index (χ0) is 18.1. The summed E-state index contributed by atoms with van der Waals surface area (Å²) in [6, 6.07) is 9.97. The Balaban J connectivity index is 2.27. The molecule has 0 aliphatic rings. The quantitative estimate of drug-likeness (QED) is 0.740. The lowest BCUT2D eigenvalue weighted by molar-refractivity contribution is 0.628. The molecule has 0 spiro atoms. The Morgan fingerprint density at radius 1 is 0.880 bits per heavy atom. The second-order valence-electron chi connectivity index (χ2n) is 6.16. The molecule has 3 aromatic rings. The topological polar surface area (TPSA) is 67.9 Å². The van der Waals surface area contributed by atoms with E-state index in [0.29, 0.717) is 17.3 Å². The molecule has 0 aliphatic carbocycles. The molecule has 128 valence electrons. The summed E-state index contributed by atoms with van der Waals surface area (Å²) in [5, 5.41) is 8.54. The highest BCUT2D eigenvalue weighted by molar-refractivity contribution is 5.81. The molecule has 0 fully saturated rings. The van der Waals surface area contributed by atoms with Crippen LogP contribution in [0.25, 0.3) is 22.5 Å². The second-order valence-corrected chi connectivity index (χ2v) is 6.16. The fourth-order valence-corrected chi connectivity index (χ4v) is 2.59. The van der Waals surface area contributed by atoms with E-state index in [9.17, 15) is 4.39 Å². The van der Waals surface area contributed by atoms with E-state index in [-0.39, 0.29) is 5.82 Å². The smallest absolute Gasteiger partial charge is 0.245 e. The standard InChI is InChI=1S/C19H20FN5/c1-11-12(2)16(21)10-9-15(11)18-17(13-5-7-14(20)8-6-13)23-24-19(22-18)25(3)4/h5-10H,21H2,1-4H3. The first-order chi connectivity index (χ1) is 11.9. The minimum Gasteiger partial charge on any atom is -0.399 e. The van der Waals surface area contributed by atoms with Gasteiger partial charge in [0.15, 0.2) is 0 Å². The minimum absolute atomic E-state index is 0.296. The third-order valence-electron chi connectivity index (χ3n) is 4.28. The average molecular weight is 337 g/mol. The Hall–Kier alpha value is -3.02. The van der Waals surface area contributed by atoms with Crippen LogP contribution in [0, 0.1) is 19.7 Å². The molecule has 2 N–H and O–H groups in total. The van der Waals surface area contributed by atoms with E-state index in [0.717, 1.165) is 27.9 Å². The number of nitrogens with two attached hydrogens (primary N) is 1. The van der Waals surface area contributed by atoms with Gasteiger partial charge in [-0.15, -0.1) is 10.2 Å². The first kappa shape index (κ1) is 16.8. The van der Waals surface area contributed by atoms with Gasteiger partial charge in [0.25, 0.3) is 0 Å². The van der Waals surface area contributed by atoms with Crippen LogP contribution in [0.2, 0.25) is 0 Å². The molecular formula is C19H20FN5. The highest BCUT2D eigenvalue weighted by Gasteiger charge is 2.17. The largest absolute Gasteiger partial charge is 0.399 e. The third kappa shape index (κ3) is 3.15. The molecule has 5 nitrogen and oxygen atoms in total. The molecule has 0 unspecified atom stereocenters. The van der Waals surface area contributed by atoms with Crippen LogP contribution >= 0.6 is 0 Å². The van der Waals surface area contributed by atoms with Gasteiger partial charge in [0.2, 0.25) is 5.95 Å². The maximum Gasteiger partial charge on any atom is 0.245 e. The predicted molar refractivity (Wildman–Crippen MR) is 98.9 cm³/mol. The van der Waals surface area contributed by atoms with E-state index in [1.165, 1.54) is 12.1 Å². The monoisotopic (exact) mass is 337 g/mol. The van der Waals surface area contributed by atoms with Crippen molar-refractivity contribution in [2.24, 2.45) is 0 Å². The molecule has 0 atom stereocenters. The summed E-state index contributed by atoms with van der Waals surface area (Å²) in [6.45, 7) is 3.99. The zero-order valence-electron chi connectivity index (χ0n) is 14.7. The van der Waals surface area contributed by atoms with E-state index in [1.807, 2.05) is 40.1 Å². The Morgan fingerprint density at radius 3 is 2.20 bits per heavy atom. The van der Waals surface area contributed by atoms with Gasteiger partial charge >= 0.3 is 0 Å². The van der Waals surface area contributed by atoms with Crippen LogP contribution in [0.15, 0.2) is 36.4 Å². The van der Waals surface area contributed by atoms with Crippen LogP contribution in [0.4, 0.5) is 16.0 Å². The molecule has 0 aliphatic heterocycles. The number of hydrogen-bond acceptors (Lipinski definition) is 5. The van der Waals surface area contributed by atoms with E-state index < -0.39 is 0 Å². The van der Waals surface area contributed by atoms with Crippen LogP contribution in [0.5, 0.6) is 0 Å². The van der Waals surface area contributed by atoms with Crippen molar-refractivity contribution < 1.29 is 4.39 Å². The molecule has 0 radical (unpaired) electrons. The molecule has 6 heteroatoms. The lowest BCUT2D eigenvalue weighted by Gasteiger charge is -2.16. The summed E-state index contributed by atoms with van der Waals surface area (Å²) in [5.74, 6) is 0.213. The van der Waals surface area contributed by atoms with Crippen molar-refractivity contribution in [2.75, 3.05) is 24.7 Å². The average Bonchev–Trinajstić information content (AvgIpc) is 2.60. The number of benzene rings is 2. The highest BCUT2D eigenvalue weighted by Crippen LogP contribution is 2.34. The summed E-state index contributed by atoms with van der Waals surface area (Å²) < 4.78 is 13.3. The number of hydrogen-bond donors (Lipinski definition) is 1. The first-order valence-corrected chi connectivity index (χ1v) is 7.92. The van der Waals surface area contributed by atoms with Gasteiger partial charge in [-0.3, -0.25) is 0 Å². The fourth-order valence-electron chi connectivity index (χ4n) is 2.59. The van der Waals surface area contributed by atoms with Gasteiger partial charge in [-0.25, -0.2) is 9.37 Å². The van der Waals surface area contributed by atoms with Gasteiger partial charge in [-0.05, 0) is 55.3 Å². The maximum absolute atomic E-state index is 13.3. The van der Waals surface area contributed by atoms with Crippen LogP contribution in [0.3, 0.4) is 0 Å². The van der Waals surface area contributed by atoms with Crippen molar-refractivity contribution in [3.63, 3.8) is 0 Å².